The summed E-state index contributed by atoms with van der Waals surface area (Å²) in [6.07, 6.45) is 3.57. The molecule has 1 unspecified atom stereocenters. The minimum Gasteiger partial charge on any atom is -0.368 e. The van der Waals surface area contributed by atoms with Crippen LogP contribution < -0.4 is 10.6 Å². The van der Waals surface area contributed by atoms with Crippen LogP contribution in [0.15, 0.2) is 11.3 Å². The van der Waals surface area contributed by atoms with Gasteiger partial charge in [0.1, 0.15) is 11.0 Å². The molecule has 0 aromatic carbocycles. The Morgan fingerprint density at radius 2 is 2.18 bits per heavy atom. The molecule has 0 radical (unpaired) electrons. The van der Waals surface area contributed by atoms with Crippen LogP contribution in [0.5, 0.6) is 0 Å². The van der Waals surface area contributed by atoms with Crippen LogP contribution in [0.1, 0.15) is 53.6 Å². The number of nitrogen functional groups attached to an aromatic ring is 1. The summed E-state index contributed by atoms with van der Waals surface area (Å²) in [5.74, 6) is 0.341. The Bertz CT molecular complexity index is 931. The number of hydrogen-bond donors (Lipinski definition) is 2. The third-order valence-corrected chi connectivity index (χ3v) is 5.63. The van der Waals surface area contributed by atoms with Crippen LogP contribution in [0.3, 0.4) is 0 Å². The van der Waals surface area contributed by atoms with Crippen LogP contribution in [0.2, 0.25) is 5.15 Å². The average Bonchev–Trinajstić information content (AvgIpc) is 3.00. The lowest BCUT2D eigenvalue weighted by molar-refractivity contribution is -0.118. The van der Waals surface area contributed by atoms with Crippen LogP contribution in [-0.2, 0) is 17.8 Å². The predicted molar refractivity (Wildman–Crippen MR) is 108 cm³/mol. The number of aromatic nitrogens is 3. The highest BCUT2D eigenvalue weighted by atomic mass is 35.5. The lowest BCUT2D eigenvalue weighted by Crippen LogP contribution is -2.24. The van der Waals surface area contributed by atoms with Crippen molar-refractivity contribution in [3.63, 3.8) is 0 Å². The van der Waals surface area contributed by atoms with Gasteiger partial charge in [-0.15, -0.1) is 5.11 Å². The molecule has 28 heavy (non-hydrogen) atoms. The molecule has 3 N–H and O–H groups in total. The van der Waals surface area contributed by atoms with Gasteiger partial charge in [0.05, 0.1) is 12.2 Å². The fraction of sp³-hybridized carbons (Fsp3) is 0.474. The summed E-state index contributed by atoms with van der Waals surface area (Å²) in [4.78, 5) is 26.7. The van der Waals surface area contributed by atoms with Crippen molar-refractivity contribution in [1.29, 1.82) is 5.53 Å². The molecule has 0 spiro atoms. The van der Waals surface area contributed by atoms with E-state index < -0.39 is 5.91 Å². The van der Waals surface area contributed by atoms with Gasteiger partial charge in [-0.1, -0.05) is 18.5 Å². The zero-order chi connectivity index (χ0) is 20.4. The maximum Gasteiger partial charge on any atom is 0.264 e. The van der Waals surface area contributed by atoms with Crippen molar-refractivity contribution in [3.8, 4) is 0 Å². The number of carbonyl (C=O) groups is 1. The van der Waals surface area contributed by atoms with E-state index in [9.17, 15) is 4.79 Å². The maximum absolute atomic E-state index is 11.5. The number of nitrogens with zero attached hydrogens (tertiary/aromatic N) is 5. The van der Waals surface area contributed by atoms with Gasteiger partial charge >= 0.3 is 0 Å². The van der Waals surface area contributed by atoms with E-state index in [1.54, 1.807) is 0 Å². The molecule has 3 heterocycles. The van der Waals surface area contributed by atoms with Crippen molar-refractivity contribution >= 4 is 29.3 Å². The van der Waals surface area contributed by atoms with Gasteiger partial charge in [0.2, 0.25) is 5.95 Å². The number of nitrogens with one attached hydrogen (secondary N) is 1. The zero-order valence-corrected chi connectivity index (χ0v) is 17.0. The molecule has 1 amide bonds. The summed E-state index contributed by atoms with van der Waals surface area (Å²) < 4.78 is 0. The minimum atomic E-state index is -0.448. The number of fused-ring (bicyclic) bond motifs is 1. The number of rotatable bonds is 6. The number of amides is 1. The molecule has 3 rings (SSSR count). The predicted octanol–water partition coefficient (Wildman–Crippen LogP) is 3.73. The highest BCUT2D eigenvalue weighted by Crippen LogP contribution is 2.42. The van der Waals surface area contributed by atoms with Gasteiger partial charge < -0.3 is 10.6 Å². The van der Waals surface area contributed by atoms with Gasteiger partial charge in [-0.2, -0.15) is 4.98 Å². The Morgan fingerprint density at radius 3 is 2.86 bits per heavy atom. The number of anilines is 2. The summed E-state index contributed by atoms with van der Waals surface area (Å²) >= 11 is 6.37. The number of carbonyl (C=O) groups excluding carboxylic acids is 1. The van der Waals surface area contributed by atoms with E-state index in [0.717, 1.165) is 17.7 Å². The quantitative estimate of drug-likeness (QED) is 0.561. The Labute approximate surface area is 169 Å². The Morgan fingerprint density at radius 1 is 1.43 bits per heavy atom. The second kappa shape index (κ2) is 8.18. The first kappa shape index (κ1) is 20.1. The van der Waals surface area contributed by atoms with Gasteiger partial charge in [0.25, 0.3) is 5.91 Å². The van der Waals surface area contributed by atoms with E-state index in [2.05, 4.69) is 45.7 Å². The molecule has 1 aliphatic rings. The minimum absolute atomic E-state index is 0.0230. The summed E-state index contributed by atoms with van der Waals surface area (Å²) in [5.41, 5.74) is 18.2. The molecule has 9 heteroatoms. The van der Waals surface area contributed by atoms with Crippen LogP contribution in [0.25, 0.3) is 0 Å². The standard InChI is InChI=1S/C19H24ClN7O/c1-4-13-10(2)7-23-14(11(13)3)9-27-8-12(5-6-15(28)26-22)16-17(20)24-19(21)25-18(16)27/h7,12,22H,4-6,8-9H2,1-3H3,(H2,21,24,25). The Balaban J connectivity index is 1.93. The summed E-state index contributed by atoms with van der Waals surface area (Å²) in [5, 5.41) is 3.28. The van der Waals surface area contributed by atoms with Gasteiger partial charge in [-0.05, 0) is 43.4 Å². The molecule has 0 aliphatic carbocycles. The number of nitrogens with two attached hydrogens (primary N) is 1. The highest BCUT2D eigenvalue weighted by Gasteiger charge is 2.34. The summed E-state index contributed by atoms with van der Waals surface area (Å²) in [7, 11) is 0. The Kier molecular flexibility index (Phi) is 5.88. The van der Waals surface area contributed by atoms with Gasteiger partial charge in [0, 0.05) is 30.6 Å². The molecule has 0 saturated heterocycles. The number of hydrogen-bond acceptors (Lipinski definition) is 7. The largest absolute Gasteiger partial charge is 0.368 e. The van der Waals surface area contributed by atoms with Gasteiger partial charge in [0.15, 0.2) is 0 Å². The highest BCUT2D eigenvalue weighted by molar-refractivity contribution is 6.30. The van der Waals surface area contributed by atoms with Crippen molar-refractivity contribution < 1.29 is 4.79 Å². The summed E-state index contributed by atoms with van der Waals surface area (Å²) in [6, 6.07) is 0. The van der Waals surface area contributed by atoms with Crippen LogP contribution in [-0.4, -0.2) is 27.4 Å². The van der Waals surface area contributed by atoms with E-state index >= 15 is 0 Å². The lowest BCUT2D eigenvalue weighted by Gasteiger charge is -2.21. The molecular weight excluding hydrogens is 378 g/mol. The first-order valence-corrected chi connectivity index (χ1v) is 9.65. The normalized spacial score (nSPS) is 15.6. The number of halogens is 1. The molecule has 1 aliphatic heterocycles. The second-order valence-electron chi connectivity index (χ2n) is 7.08. The SMILES string of the molecule is CCc1c(C)cnc(CN2CC(CCC(=O)N=N)c3c(Cl)nc(N)nc32)c1C. The molecular formula is C19H24ClN7O. The second-order valence-corrected chi connectivity index (χ2v) is 7.43. The first-order valence-electron chi connectivity index (χ1n) is 9.27. The summed E-state index contributed by atoms with van der Waals surface area (Å²) in [6.45, 7) is 7.52. The lowest BCUT2D eigenvalue weighted by atomic mass is 9.98. The molecule has 2 aromatic rings. The van der Waals surface area contributed by atoms with Crippen molar-refractivity contribution in [2.45, 2.75) is 52.5 Å². The van der Waals surface area contributed by atoms with Crippen molar-refractivity contribution in [2.75, 3.05) is 17.2 Å². The van der Waals surface area contributed by atoms with Crippen molar-refractivity contribution in [1.82, 2.24) is 15.0 Å². The van der Waals surface area contributed by atoms with Crippen molar-refractivity contribution in [3.05, 3.63) is 39.3 Å². The van der Waals surface area contributed by atoms with E-state index in [1.807, 2.05) is 6.20 Å². The van der Waals surface area contributed by atoms with E-state index in [1.165, 1.54) is 16.7 Å². The van der Waals surface area contributed by atoms with E-state index in [-0.39, 0.29) is 18.3 Å². The molecule has 1 atom stereocenters. The molecule has 0 fully saturated rings. The average molecular weight is 402 g/mol. The third-order valence-electron chi connectivity index (χ3n) is 5.35. The van der Waals surface area contributed by atoms with E-state index in [4.69, 9.17) is 22.9 Å². The molecule has 0 bridgehead atoms. The van der Waals surface area contributed by atoms with Gasteiger partial charge in [-0.25, -0.2) is 10.5 Å². The molecule has 148 valence electrons. The van der Waals surface area contributed by atoms with Crippen LogP contribution >= 0.6 is 11.6 Å². The van der Waals surface area contributed by atoms with Crippen LogP contribution in [0, 0.1) is 19.4 Å². The first-order chi connectivity index (χ1) is 13.3. The van der Waals surface area contributed by atoms with Crippen molar-refractivity contribution in [2.24, 2.45) is 5.11 Å². The third kappa shape index (κ3) is 3.82. The molecule has 8 nitrogen and oxygen atoms in total. The topological polar surface area (TPSA) is 121 Å². The van der Waals surface area contributed by atoms with E-state index in [0.29, 0.717) is 30.5 Å². The Hall–Kier alpha value is -2.61. The smallest absolute Gasteiger partial charge is 0.264 e. The van der Waals surface area contributed by atoms with Gasteiger partial charge in [-0.3, -0.25) is 9.78 Å². The fourth-order valence-corrected chi connectivity index (χ4v) is 4.24. The zero-order valence-electron chi connectivity index (χ0n) is 16.3. The number of pyridine rings is 1. The maximum atomic E-state index is 11.5. The van der Waals surface area contributed by atoms with Crippen LogP contribution in [0.4, 0.5) is 11.8 Å². The monoisotopic (exact) mass is 401 g/mol. The fourth-order valence-electron chi connectivity index (χ4n) is 3.91. The number of aryl methyl sites for hydroxylation is 1. The molecule has 0 saturated carbocycles. The molecule has 2 aromatic heterocycles.